The summed E-state index contributed by atoms with van der Waals surface area (Å²) in [6.07, 6.45) is 2.87. The molecular formula is C34H33FIrNO2-. The van der Waals surface area contributed by atoms with Gasteiger partial charge in [-0.1, -0.05) is 81.1 Å². The van der Waals surface area contributed by atoms with Crippen LogP contribution in [-0.2, 0) is 24.9 Å². The maximum absolute atomic E-state index is 15.2. The molecule has 0 aliphatic rings. The van der Waals surface area contributed by atoms with Crippen LogP contribution in [0.25, 0.3) is 43.6 Å². The Labute approximate surface area is 243 Å². The van der Waals surface area contributed by atoms with Crippen molar-refractivity contribution >= 4 is 38.1 Å². The molecule has 0 aliphatic carbocycles. The molecule has 1 heterocycles. The van der Waals surface area contributed by atoms with Crippen LogP contribution in [0.3, 0.4) is 0 Å². The number of nitrogens with zero attached hydrogens (tertiary/aromatic N) is 1. The second-order valence-corrected chi connectivity index (χ2v) is 10.3. The minimum absolute atomic E-state index is 0. The number of aliphatic hydroxyl groups excluding tert-OH is 1. The second kappa shape index (κ2) is 12.6. The van der Waals surface area contributed by atoms with Crippen LogP contribution in [0.5, 0.6) is 0 Å². The normalized spacial score (nSPS) is 11.6. The number of carbonyl (C=O) groups is 1. The predicted octanol–water partition coefficient (Wildman–Crippen LogP) is 9.43. The van der Waals surface area contributed by atoms with Crippen molar-refractivity contribution in [1.29, 1.82) is 0 Å². The minimum atomic E-state index is -0.146. The van der Waals surface area contributed by atoms with Gasteiger partial charge in [0.05, 0.1) is 5.76 Å². The minimum Gasteiger partial charge on any atom is -0.512 e. The van der Waals surface area contributed by atoms with Gasteiger partial charge in [0.1, 0.15) is 5.82 Å². The first-order chi connectivity index (χ1) is 18.1. The van der Waals surface area contributed by atoms with Gasteiger partial charge in [-0.25, -0.2) is 4.39 Å². The van der Waals surface area contributed by atoms with Gasteiger partial charge in [0, 0.05) is 43.5 Å². The van der Waals surface area contributed by atoms with E-state index in [0.717, 1.165) is 27.6 Å². The molecule has 1 N–H and O–H groups in total. The molecule has 4 aromatic carbocycles. The van der Waals surface area contributed by atoms with Gasteiger partial charge in [0.2, 0.25) is 0 Å². The molecule has 0 atom stereocenters. The van der Waals surface area contributed by atoms with Gasteiger partial charge >= 0.3 is 0 Å². The average molecular weight is 699 g/mol. The molecule has 0 unspecified atom stereocenters. The van der Waals surface area contributed by atoms with E-state index in [2.05, 4.69) is 67.4 Å². The number of pyridine rings is 1. The molecule has 0 saturated carbocycles. The molecule has 39 heavy (non-hydrogen) atoms. The summed E-state index contributed by atoms with van der Waals surface area (Å²) in [6.45, 7) is 11.3. The number of halogens is 1. The first kappa shape index (κ1) is 30.1. The van der Waals surface area contributed by atoms with E-state index in [1.165, 1.54) is 41.6 Å². The molecule has 0 aliphatic heterocycles. The molecule has 0 fully saturated rings. The zero-order chi connectivity index (χ0) is 27.6. The number of allylic oxidation sites excluding steroid dienone is 2. The fraction of sp³-hybridized carbons (Fsp3) is 0.235. The van der Waals surface area contributed by atoms with E-state index in [-0.39, 0.29) is 43.4 Å². The van der Waals surface area contributed by atoms with Gasteiger partial charge in [-0.3, -0.25) is 9.78 Å². The van der Waals surface area contributed by atoms with E-state index in [0.29, 0.717) is 11.3 Å². The quantitative estimate of drug-likeness (QED) is 0.0881. The SMILES string of the molecule is CC(=O)/C=C(/C)O.CC(C)c1ccc2c(-c3[c-]c4ccc5ccccc5c4c(C(C)C)c3)nccc2c1F.[Ir]. The van der Waals surface area contributed by atoms with Crippen molar-refractivity contribution in [2.75, 3.05) is 0 Å². The Morgan fingerprint density at radius 1 is 0.897 bits per heavy atom. The number of carbonyl (C=O) groups excluding carboxylic acids is 1. The van der Waals surface area contributed by atoms with Crippen molar-refractivity contribution in [3.8, 4) is 11.3 Å². The second-order valence-electron chi connectivity index (χ2n) is 10.3. The van der Waals surface area contributed by atoms with Gasteiger partial charge in [-0.2, -0.15) is 0 Å². The van der Waals surface area contributed by atoms with E-state index >= 15 is 4.39 Å². The number of aliphatic hydroxyl groups is 1. The zero-order valence-electron chi connectivity index (χ0n) is 23.1. The van der Waals surface area contributed by atoms with Crippen LogP contribution in [0.2, 0.25) is 0 Å². The summed E-state index contributed by atoms with van der Waals surface area (Å²) < 4.78 is 15.2. The molecule has 3 nitrogen and oxygen atoms in total. The van der Waals surface area contributed by atoms with Gasteiger partial charge in [-0.15, -0.1) is 29.1 Å². The molecule has 5 aromatic rings. The van der Waals surface area contributed by atoms with Crippen LogP contribution in [0.15, 0.2) is 78.7 Å². The zero-order valence-corrected chi connectivity index (χ0v) is 25.5. The third-order valence-corrected chi connectivity index (χ3v) is 6.61. The van der Waals surface area contributed by atoms with Crippen LogP contribution in [-0.4, -0.2) is 15.9 Å². The largest absolute Gasteiger partial charge is 0.512 e. The topological polar surface area (TPSA) is 50.2 Å². The predicted molar refractivity (Wildman–Crippen MR) is 156 cm³/mol. The Kier molecular flexibility index (Phi) is 9.77. The van der Waals surface area contributed by atoms with E-state index in [9.17, 15) is 4.79 Å². The summed E-state index contributed by atoms with van der Waals surface area (Å²) >= 11 is 0. The number of fused-ring (bicyclic) bond motifs is 4. The summed E-state index contributed by atoms with van der Waals surface area (Å²) in [4.78, 5) is 14.7. The van der Waals surface area contributed by atoms with E-state index in [1.54, 1.807) is 12.3 Å². The molecule has 5 rings (SSSR count). The van der Waals surface area contributed by atoms with Gasteiger partial charge in [0.25, 0.3) is 0 Å². The molecule has 0 bridgehead atoms. The summed E-state index contributed by atoms with van der Waals surface area (Å²) in [7, 11) is 0. The summed E-state index contributed by atoms with van der Waals surface area (Å²) in [5.74, 6) is 0.259. The van der Waals surface area contributed by atoms with Gasteiger partial charge in [-0.05, 0) is 53.5 Å². The van der Waals surface area contributed by atoms with E-state index < -0.39 is 0 Å². The number of ketones is 1. The molecule has 1 aromatic heterocycles. The number of hydrogen-bond donors (Lipinski definition) is 1. The van der Waals surface area contributed by atoms with Crippen LogP contribution in [0, 0.1) is 11.9 Å². The van der Waals surface area contributed by atoms with E-state index in [1.807, 2.05) is 26.0 Å². The Morgan fingerprint density at radius 3 is 2.21 bits per heavy atom. The van der Waals surface area contributed by atoms with Crippen molar-refractivity contribution in [2.45, 2.75) is 53.4 Å². The van der Waals surface area contributed by atoms with Gasteiger partial charge < -0.3 is 5.11 Å². The van der Waals surface area contributed by atoms with Gasteiger partial charge in [0.15, 0.2) is 5.78 Å². The van der Waals surface area contributed by atoms with Crippen LogP contribution in [0.1, 0.15) is 64.5 Å². The Morgan fingerprint density at radius 2 is 1.59 bits per heavy atom. The molecule has 0 amide bonds. The Hall–Kier alpha value is -3.40. The monoisotopic (exact) mass is 699 g/mol. The molecule has 0 spiro atoms. The smallest absolute Gasteiger partial charge is 0.155 e. The molecule has 203 valence electrons. The maximum atomic E-state index is 15.2. The first-order valence-electron chi connectivity index (χ1n) is 12.9. The third kappa shape index (κ3) is 6.43. The Balaban J connectivity index is 0.000000468. The van der Waals surface area contributed by atoms with Crippen LogP contribution >= 0.6 is 0 Å². The fourth-order valence-corrected chi connectivity index (χ4v) is 4.87. The van der Waals surface area contributed by atoms with Crippen molar-refractivity contribution < 1.29 is 34.4 Å². The Bertz CT molecular complexity index is 1680. The molecule has 1 radical (unpaired) electrons. The number of hydrogen-bond acceptors (Lipinski definition) is 3. The molecule has 5 heteroatoms. The molecular weight excluding hydrogens is 666 g/mol. The average Bonchev–Trinajstić information content (AvgIpc) is 2.87. The standard InChI is InChI=1S/C29H25FN.C5H8O2.Ir/c1-17(2)22-11-12-25-24(28(22)30)13-14-31-29(25)21-15-20-10-9-19-7-5-6-8-23(19)27(20)26(16-21)18(3)4;1-4(6)3-5(2)7;/h5-14,16-18H,1-4H3;3,6H,1-2H3;/q-1;;/b;4-3-;. The van der Waals surface area contributed by atoms with Crippen molar-refractivity contribution in [3.05, 3.63) is 102 Å². The first-order valence-corrected chi connectivity index (χ1v) is 12.9. The fourth-order valence-electron chi connectivity index (χ4n) is 4.87. The van der Waals surface area contributed by atoms with Crippen LogP contribution < -0.4 is 0 Å². The van der Waals surface area contributed by atoms with E-state index in [4.69, 9.17) is 5.11 Å². The molecule has 0 saturated heterocycles. The number of benzene rings is 4. The van der Waals surface area contributed by atoms with Crippen molar-refractivity contribution in [1.82, 2.24) is 4.98 Å². The summed E-state index contributed by atoms with van der Waals surface area (Å²) in [6, 6.07) is 24.2. The van der Waals surface area contributed by atoms with Crippen molar-refractivity contribution in [2.24, 2.45) is 0 Å². The van der Waals surface area contributed by atoms with Crippen molar-refractivity contribution in [3.63, 3.8) is 0 Å². The van der Waals surface area contributed by atoms with Crippen LogP contribution in [0.4, 0.5) is 4.39 Å². The summed E-state index contributed by atoms with van der Waals surface area (Å²) in [5.41, 5.74) is 3.69. The number of rotatable bonds is 4. The summed E-state index contributed by atoms with van der Waals surface area (Å²) in [5, 5.41) is 14.6. The number of aromatic nitrogens is 1. The maximum Gasteiger partial charge on any atom is 0.155 e. The third-order valence-electron chi connectivity index (χ3n) is 6.61.